The van der Waals surface area contributed by atoms with E-state index in [-0.39, 0.29) is 12.5 Å². The van der Waals surface area contributed by atoms with Crippen molar-refractivity contribution in [2.45, 2.75) is 39.7 Å². The first-order valence-corrected chi connectivity index (χ1v) is 13.7. The van der Waals surface area contributed by atoms with Gasteiger partial charge in [-0.05, 0) is 49.2 Å². The Kier molecular flexibility index (Phi) is 7.41. The molecule has 2 aliphatic rings. The molecule has 0 atom stereocenters. The van der Waals surface area contributed by atoms with E-state index in [1.165, 1.54) is 15.8 Å². The lowest BCUT2D eigenvalue weighted by Gasteiger charge is -2.36. The van der Waals surface area contributed by atoms with Gasteiger partial charge in [0.2, 0.25) is 0 Å². The molecule has 9 heteroatoms. The second-order valence-corrected chi connectivity index (χ2v) is 10.6. The molecule has 5 rings (SSSR count). The number of rotatable bonds is 7. The van der Waals surface area contributed by atoms with Gasteiger partial charge in [-0.15, -0.1) is 11.3 Å². The third kappa shape index (κ3) is 5.25. The first-order chi connectivity index (χ1) is 17.1. The second-order valence-electron chi connectivity index (χ2n) is 9.13. The van der Waals surface area contributed by atoms with Crippen molar-refractivity contribution in [3.8, 4) is 5.75 Å². The van der Waals surface area contributed by atoms with Gasteiger partial charge in [0.25, 0.3) is 5.91 Å². The molecule has 7 nitrogen and oxygen atoms in total. The predicted octanol–water partition coefficient (Wildman–Crippen LogP) is 4.40. The zero-order valence-corrected chi connectivity index (χ0v) is 22.0. The topological polar surface area (TPSA) is 61.8 Å². The number of carbonyl (C=O) groups excluding carboxylic acids is 1. The van der Waals surface area contributed by atoms with Crippen LogP contribution in [0.3, 0.4) is 0 Å². The fraction of sp³-hybridized carbons (Fsp3) is 0.500. The highest BCUT2D eigenvalue weighted by molar-refractivity contribution is 7.19. The minimum absolute atomic E-state index is 0.00618. The summed E-state index contributed by atoms with van der Waals surface area (Å²) in [6, 6.07) is 7.09. The number of amides is 1. The summed E-state index contributed by atoms with van der Waals surface area (Å²) >= 11 is 7.76. The number of nitrogens with zero attached hydrogens (tertiary/aromatic N) is 5. The van der Waals surface area contributed by atoms with Crippen molar-refractivity contribution >= 4 is 44.9 Å². The van der Waals surface area contributed by atoms with Gasteiger partial charge in [-0.2, -0.15) is 0 Å². The lowest BCUT2D eigenvalue weighted by atomic mass is 10.0. The molecule has 0 aliphatic carbocycles. The number of carbonyl (C=O) groups is 1. The zero-order valence-electron chi connectivity index (χ0n) is 20.4. The highest BCUT2D eigenvalue weighted by atomic mass is 35.5. The second kappa shape index (κ2) is 10.7. The standard InChI is InChI=1S/C26H32ClN5O2S/c1-3-5-22-28-25(24-20-10-11-30(4-2)16-21(20)35-26(24)29-22)32-14-12-31(13-15-32)23(33)17-34-19-8-6-18(27)7-9-19/h6-9H,3-5,10-17H2,1-2H3. The summed E-state index contributed by atoms with van der Waals surface area (Å²) < 4.78 is 5.67. The average Bonchev–Trinajstić information content (AvgIpc) is 3.25. The van der Waals surface area contributed by atoms with Crippen molar-refractivity contribution in [2.24, 2.45) is 0 Å². The van der Waals surface area contributed by atoms with Crippen LogP contribution in [0, 0.1) is 0 Å². The molecular weight excluding hydrogens is 482 g/mol. The Hall–Kier alpha value is -2.42. The Morgan fingerprint density at radius 1 is 1.09 bits per heavy atom. The van der Waals surface area contributed by atoms with Crippen molar-refractivity contribution in [3.05, 3.63) is 45.6 Å². The van der Waals surface area contributed by atoms with E-state index in [9.17, 15) is 4.79 Å². The van der Waals surface area contributed by atoms with Gasteiger partial charge in [-0.25, -0.2) is 9.97 Å². The van der Waals surface area contributed by atoms with Gasteiger partial charge in [0.05, 0.1) is 5.39 Å². The largest absolute Gasteiger partial charge is 0.484 e. The van der Waals surface area contributed by atoms with Crippen molar-refractivity contribution < 1.29 is 9.53 Å². The number of ether oxygens (including phenoxy) is 1. The molecule has 2 aromatic heterocycles. The number of likely N-dealkylation sites (N-methyl/N-ethyl adjacent to an activating group) is 1. The monoisotopic (exact) mass is 513 g/mol. The molecular formula is C26H32ClN5O2S. The highest BCUT2D eigenvalue weighted by Crippen LogP contribution is 2.39. The van der Waals surface area contributed by atoms with E-state index < -0.39 is 0 Å². The molecule has 0 saturated carbocycles. The number of aryl methyl sites for hydroxylation is 1. The van der Waals surface area contributed by atoms with E-state index in [2.05, 4.69) is 23.6 Å². The maximum absolute atomic E-state index is 12.8. The Bertz CT molecular complexity index is 1190. The average molecular weight is 514 g/mol. The molecule has 0 radical (unpaired) electrons. The van der Waals surface area contributed by atoms with Crippen LogP contribution in [-0.4, -0.2) is 71.6 Å². The molecule has 4 heterocycles. The number of fused-ring (bicyclic) bond motifs is 3. The number of anilines is 1. The van der Waals surface area contributed by atoms with E-state index in [1.807, 2.05) is 16.2 Å². The summed E-state index contributed by atoms with van der Waals surface area (Å²) in [5, 5.41) is 1.89. The summed E-state index contributed by atoms with van der Waals surface area (Å²) in [7, 11) is 0. The molecule has 0 spiro atoms. The number of hydrogen-bond acceptors (Lipinski definition) is 7. The van der Waals surface area contributed by atoms with Crippen LogP contribution < -0.4 is 9.64 Å². The van der Waals surface area contributed by atoms with Crippen molar-refractivity contribution in [1.29, 1.82) is 0 Å². The number of halogens is 1. The number of thiophene rings is 1. The molecule has 1 fully saturated rings. The molecule has 0 N–H and O–H groups in total. The first kappa shape index (κ1) is 24.3. The third-order valence-corrected chi connectivity index (χ3v) is 8.20. The minimum atomic E-state index is 0.00618. The predicted molar refractivity (Wildman–Crippen MR) is 142 cm³/mol. The Morgan fingerprint density at radius 2 is 1.86 bits per heavy atom. The van der Waals surface area contributed by atoms with Crippen LogP contribution in [0.2, 0.25) is 5.02 Å². The zero-order chi connectivity index (χ0) is 24.4. The van der Waals surface area contributed by atoms with Crippen LogP contribution in [0.25, 0.3) is 10.2 Å². The van der Waals surface area contributed by atoms with Gasteiger partial charge in [-0.3, -0.25) is 9.69 Å². The normalized spacial score (nSPS) is 16.5. The molecule has 3 aromatic rings. The number of hydrogen-bond donors (Lipinski definition) is 0. The Morgan fingerprint density at radius 3 is 2.57 bits per heavy atom. The molecule has 0 bridgehead atoms. The maximum Gasteiger partial charge on any atom is 0.260 e. The van der Waals surface area contributed by atoms with Gasteiger partial charge >= 0.3 is 0 Å². The van der Waals surface area contributed by atoms with Gasteiger partial charge < -0.3 is 14.5 Å². The van der Waals surface area contributed by atoms with Crippen LogP contribution in [-0.2, 0) is 24.2 Å². The summed E-state index contributed by atoms with van der Waals surface area (Å²) in [6.45, 7) is 10.4. The van der Waals surface area contributed by atoms with E-state index in [1.54, 1.807) is 24.3 Å². The fourth-order valence-corrected chi connectivity index (χ4v) is 6.24. The van der Waals surface area contributed by atoms with Gasteiger partial charge in [-0.1, -0.05) is 25.4 Å². The molecule has 186 valence electrons. The van der Waals surface area contributed by atoms with Crippen LogP contribution in [0.4, 0.5) is 5.82 Å². The smallest absolute Gasteiger partial charge is 0.260 e. The Balaban J connectivity index is 1.31. The summed E-state index contributed by atoms with van der Waals surface area (Å²) in [4.78, 5) is 32.1. The fourth-order valence-electron chi connectivity index (χ4n) is 4.84. The lowest BCUT2D eigenvalue weighted by Crippen LogP contribution is -2.50. The van der Waals surface area contributed by atoms with E-state index in [0.717, 1.165) is 68.5 Å². The maximum atomic E-state index is 12.8. The van der Waals surface area contributed by atoms with E-state index >= 15 is 0 Å². The molecule has 2 aliphatic heterocycles. The van der Waals surface area contributed by atoms with Crippen LogP contribution in [0.1, 0.15) is 36.5 Å². The number of aromatic nitrogens is 2. The quantitative estimate of drug-likeness (QED) is 0.466. The van der Waals surface area contributed by atoms with Crippen LogP contribution >= 0.6 is 22.9 Å². The van der Waals surface area contributed by atoms with Crippen molar-refractivity contribution in [1.82, 2.24) is 19.8 Å². The van der Waals surface area contributed by atoms with Gasteiger partial charge in [0.15, 0.2) is 6.61 Å². The number of benzene rings is 1. The highest BCUT2D eigenvalue weighted by Gasteiger charge is 2.28. The van der Waals surface area contributed by atoms with Gasteiger partial charge in [0.1, 0.15) is 22.2 Å². The number of piperazine rings is 1. The SMILES string of the molecule is CCCc1nc(N2CCN(C(=O)COc3ccc(Cl)cc3)CC2)c2c3c(sc2n1)CN(CC)CC3. The molecule has 0 unspecified atom stereocenters. The lowest BCUT2D eigenvalue weighted by molar-refractivity contribution is -0.133. The van der Waals surface area contributed by atoms with Crippen molar-refractivity contribution in [3.63, 3.8) is 0 Å². The summed E-state index contributed by atoms with van der Waals surface area (Å²) in [5.74, 6) is 2.64. The minimum Gasteiger partial charge on any atom is -0.484 e. The van der Waals surface area contributed by atoms with Crippen molar-refractivity contribution in [2.75, 3.05) is 50.8 Å². The first-order valence-electron chi connectivity index (χ1n) is 12.5. The van der Waals surface area contributed by atoms with Crippen LogP contribution in [0.15, 0.2) is 24.3 Å². The van der Waals surface area contributed by atoms with Gasteiger partial charge in [0, 0.05) is 55.6 Å². The summed E-state index contributed by atoms with van der Waals surface area (Å²) in [6.07, 6.45) is 2.95. The molecule has 1 amide bonds. The summed E-state index contributed by atoms with van der Waals surface area (Å²) in [5.41, 5.74) is 1.43. The third-order valence-electron chi connectivity index (χ3n) is 6.84. The van der Waals surface area contributed by atoms with E-state index in [4.69, 9.17) is 26.3 Å². The Labute approximate surface area is 215 Å². The molecule has 1 aromatic carbocycles. The molecule has 1 saturated heterocycles. The van der Waals surface area contributed by atoms with E-state index in [0.29, 0.717) is 23.9 Å². The van der Waals surface area contributed by atoms with Crippen LogP contribution in [0.5, 0.6) is 5.75 Å². The molecule has 35 heavy (non-hydrogen) atoms.